The molecular formula is C19H33N. The van der Waals surface area contributed by atoms with Gasteiger partial charge in [0.05, 0.1) is 0 Å². The molecule has 0 aliphatic carbocycles. The van der Waals surface area contributed by atoms with E-state index in [-0.39, 0.29) is 0 Å². The predicted octanol–water partition coefficient (Wildman–Crippen LogP) is 4.84. The van der Waals surface area contributed by atoms with Crippen LogP contribution in [0.2, 0.25) is 0 Å². The van der Waals surface area contributed by atoms with Crippen molar-refractivity contribution >= 4 is 0 Å². The molecule has 20 heavy (non-hydrogen) atoms. The summed E-state index contributed by atoms with van der Waals surface area (Å²) >= 11 is 0. The summed E-state index contributed by atoms with van der Waals surface area (Å²) in [6, 6.07) is 8.84. The van der Waals surface area contributed by atoms with Gasteiger partial charge in [0, 0.05) is 0 Å². The number of rotatable bonds is 9. The van der Waals surface area contributed by atoms with Crippen LogP contribution in [-0.2, 0) is 6.42 Å². The standard InChI is InChI=1S/C19H33N/c1-6-9-16(4)19(14-20-13-15(2)3)12-18-11-8-7-10-17(18)5/h7-8,10-11,15-16,19-20H,6,9,12-14H2,1-5H3. The maximum atomic E-state index is 3.66. The molecule has 0 fully saturated rings. The summed E-state index contributed by atoms with van der Waals surface area (Å²) in [6.07, 6.45) is 3.83. The summed E-state index contributed by atoms with van der Waals surface area (Å²) in [7, 11) is 0. The van der Waals surface area contributed by atoms with E-state index in [1.165, 1.54) is 30.4 Å². The molecule has 2 unspecified atom stereocenters. The van der Waals surface area contributed by atoms with Crippen LogP contribution in [0.25, 0.3) is 0 Å². The van der Waals surface area contributed by atoms with E-state index in [9.17, 15) is 0 Å². The summed E-state index contributed by atoms with van der Waals surface area (Å²) in [5.74, 6) is 2.27. The fourth-order valence-electron chi connectivity index (χ4n) is 2.84. The Balaban J connectivity index is 2.64. The normalized spacial score (nSPS) is 14.5. The van der Waals surface area contributed by atoms with E-state index in [4.69, 9.17) is 0 Å². The molecule has 0 heterocycles. The quantitative estimate of drug-likeness (QED) is 0.680. The lowest BCUT2D eigenvalue weighted by Gasteiger charge is -2.25. The Hall–Kier alpha value is -0.820. The molecule has 1 N–H and O–H groups in total. The molecule has 1 aromatic rings. The molecule has 114 valence electrons. The van der Waals surface area contributed by atoms with Gasteiger partial charge in [0.1, 0.15) is 0 Å². The first-order valence-corrected chi connectivity index (χ1v) is 8.29. The van der Waals surface area contributed by atoms with Crippen LogP contribution < -0.4 is 5.32 Å². The van der Waals surface area contributed by atoms with Gasteiger partial charge in [-0.3, -0.25) is 0 Å². The van der Waals surface area contributed by atoms with Gasteiger partial charge >= 0.3 is 0 Å². The van der Waals surface area contributed by atoms with Crippen molar-refractivity contribution in [2.45, 2.75) is 53.9 Å². The highest BCUT2D eigenvalue weighted by Gasteiger charge is 2.17. The van der Waals surface area contributed by atoms with Crippen LogP contribution in [0.5, 0.6) is 0 Å². The first kappa shape index (κ1) is 17.2. The SMILES string of the molecule is CCCC(C)C(CNCC(C)C)Cc1ccccc1C. The van der Waals surface area contributed by atoms with Crippen molar-refractivity contribution in [3.8, 4) is 0 Å². The van der Waals surface area contributed by atoms with Gasteiger partial charge in [-0.05, 0) is 55.3 Å². The average Bonchev–Trinajstić information content (AvgIpc) is 2.39. The van der Waals surface area contributed by atoms with Gasteiger partial charge in [-0.15, -0.1) is 0 Å². The summed E-state index contributed by atoms with van der Waals surface area (Å²) in [5.41, 5.74) is 2.96. The third-order valence-electron chi connectivity index (χ3n) is 4.25. The lowest BCUT2D eigenvalue weighted by atomic mass is 9.84. The molecule has 0 amide bonds. The predicted molar refractivity (Wildman–Crippen MR) is 90.2 cm³/mol. The van der Waals surface area contributed by atoms with E-state index in [1.807, 2.05) is 0 Å². The molecule has 0 radical (unpaired) electrons. The maximum absolute atomic E-state index is 3.66. The van der Waals surface area contributed by atoms with Crippen molar-refractivity contribution in [3.05, 3.63) is 35.4 Å². The largest absolute Gasteiger partial charge is 0.316 e. The second-order valence-corrected chi connectivity index (χ2v) is 6.71. The molecule has 0 aliphatic heterocycles. The Morgan fingerprint density at radius 1 is 1.05 bits per heavy atom. The fraction of sp³-hybridized carbons (Fsp3) is 0.684. The van der Waals surface area contributed by atoms with Crippen molar-refractivity contribution in [2.24, 2.45) is 17.8 Å². The summed E-state index contributed by atoms with van der Waals surface area (Å²) < 4.78 is 0. The van der Waals surface area contributed by atoms with Gasteiger partial charge < -0.3 is 5.32 Å². The zero-order valence-corrected chi connectivity index (χ0v) is 14.1. The van der Waals surface area contributed by atoms with E-state index in [2.05, 4.69) is 64.2 Å². The van der Waals surface area contributed by atoms with E-state index >= 15 is 0 Å². The Bertz CT molecular complexity index is 370. The Morgan fingerprint density at radius 2 is 1.75 bits per heavy atom. The number of aryl methyl sites for hydroxylation is 1. The zero-order chi connectivity index (χ0) is 15.0. The molecule has 1 nitrogen and oxygen atoms in total. The van der Waals surface area contributed by atoms with Crippen LogP contribution in [0.15, 0.2) is 24.3 Å². The topological polar surface area (TPSA) is 12.0 Å². The maximum Gasteiger partial charge on any atom is -0.00147 e. The average molecular weight is 275 g/mol. The van der Waals surface area contributed by atoms with Gasteiger partial charge in [-0.1, -0.05) is 64.8 Å². The van der Waals surface area contributed by atoms with Gasteiger partial charge in [-0.25, -0.2) is 0 Å². The summed E-state index contributed by atoms with van der Waals surface area (Å²) in [4.78, 5) is 0. The molecule has 0 saturated carbocycles. The number of hydrogen-bond donors (Lipinski definition) is 1. The first-order chi connectivity index (χ1) is 9.54. The minimum Gasteiger partial charge on any atom is -0.316 e. The third-order valence-corrected chi connectivity index (χ3v) is 4.25. The molecule has 0 spiro atoms. The molecule has 0 aliphatic rings. The molecule has 0 aromatic heterocycles. The molecule has 1 heteroatoms. The second-order valence-electron chi connectivity index (χ2n) is 6.71. The third kappa shape index (κ3) is 6.09. The van der Waals surface area contributed by atoms with Gasteiger partial charge in [-0.2, -0.15) is 0 Å². The second kappa shape index (κ2) is 9.18. The number of hydrogen-bond acceptors (Lipinski definition) is 1. The molecule has 1 rings (SSSR count). The van der Waals surface area contributed by atoms with Crippen LogP contribution in [0.1, 0.15) is 51.7 Å². The Morgan fingerprint density at radius 3 is 2.35 bits per heavy atom. The van der Waals surface area contributed by atoms with Gasteiger partial charge in [0.15, 0.2) is 0 Å². The van der Waals surface area contributed by atoms with Gasteiger partial charge in [0.2, 0.25) is 0 Å². The lowest BCUT2D eigenvalue weighted by molar-refractivity contribution is 0.313. The zero-order valence-electron chi connectivity index (χ0n) is 14.1. The van der Waals surface area contributed by atoms with E-state index in [0.29, 0.717) is 0 Å². The Labute approximate surface area is 126 Å². The minimum atomic E-state index is 0.732. The van der Waals surface area contributed by atoms with Crippen molar-refractivity contribution in [1.29, 1.82) is 0 Å². The molecule has 2 atom stereocenters. The smallest absolute Gasteiger partial charge is 0.00147 e. The van der Waals surface area contributed by atoms with Crippen LogP contribution in [0, 0.1) is 24.7 Å². The van der Waals surface area contributed by atoms with E-state index in [1.54, 1.807) is 0 Å². The van der Waals surface area contributed by atoms with Crippen LogP contribution >= 0.6 is 0 Å². The lowest BCUT2D eigenvalue weighted by Crippen LogP contribution is -2.31. The summed E-state index contributed by atoms with van der Waals surface area (Å²) in [5, 5.41) is 3.66. The summed E-state index contributed by atoms with van der Waals surface area (Å²) in [6.45, 7) is 13.8. The highest BCUT2D eigenvalue weighted by Crippen LogP contribution is 2.23. The van der Waals surface area contributed by atoms with Crippen LogP contribution in [0.4, 0.5) is 0 Å². The van der Waals surface area contributed by atoms with Crippen LogP contribution in [-0.4, -0.2) is 13.1 Å². The molecular weight excluding hydrogens is 242 g/mol. The highest BCUT2D eigenvalue weighted by molar-refractivity contribution is 5.26. The highest BCUT2D eigenvalue weighted by atomic mass is 14.9. The first-order valence-electron chi connectivity index (χ1n) is 8.29. The minimum absolute atomic E-state index is 0.732. The van der Waals surface area contributed by atoms with Crippen LogP contribution in [0.3, 0.4) is 0 Å². The van der Waals surface area contributed by atoms with Gasteiger partial charge in [0.25, 0.3) is 0 Å². The monoisotopic (exact) mass is 275 g/mol. The number of benzene rings is 1. The van der Waals surface area contributed by atoms with Crippen molar-refractivity contribution < 1.29 is 0 Å². The van der Waals surface area contributed by atoms with E-state index in [0.717, 1.165) is 30.8 Å². The molecule has 0 bridgehead atoms. The van der Waals surface area contributed by atoms with E-state index < -0.39 is 0 Å². The number of nitrogens with one attached hydrogen (secondary N) is 1. The molecule has 0 saturated heterocycles. The van der Waals surface area contributed by atoms with Crippen molar-refractivity contribution in [1.82, 2.24) is 5.32 Å². The van der Waals surface area contributed by atoms with Crippen molar-refractivity contribution in [3.63, 3.8) is 0 Å². The fourth-order valence-corrected chi connectivity index (χ4v) is 2.84. The Kier molecular flexibility index (Phi) is 7.91. The molecule has 1 aromatic carbocycles. The van der Waals surface area contributed by atoms with Crippen molar-refractivity contribution in [2.75, 3.05) is 13.1 Å².